The van der Waals surface area contributed by atoms with Crippen LogP contribution in [0.5, 0.6) is 11.5 Å². The van der Waals surface area contributed by atoms with E-state index in [9.17, 15) is 0 Å². The molecule has 7 rings (SSSR count). The molecule has 0 bridgehead atoms. The van der Waals surface area contributed by atoms with Gasteiger partial charge >= 0.3 is 0 Å². The molecule has 210 valence electrons. The molecule has 0 spiro atoms. The van der Waals surface area contributed by atoms with Gasteiger partial charge in [-0.1, -0.05) is 131 Å². The number of rotatable bonds is 7. The molecule has 1 aliphatic heterocycles. The van der Waals surface area contributed by atoms with Crippen LogP contribution in [-0.2, 0) is 0 Å². The van der Waals surface area contributed by atoms with Crippen molar-refractivity contribution in [3.05, 3.63) is 97.1 Å². The summed E-state index contributed by atoms with van der Waals surface area (Å²) in [6.07, 6.45) is 13.9. The zero-order valence-electron chi connectivity index (χ0n) is 23.9. The number of hydrogen-bond donors (Lipinski definition) is 0. The van der Waals surface area contributed by atoms with E-state index in [1.54, 1.807) is 5.30 Å². The molecule has 3 aliphatic rings. The number of fused-ring (bicyclic) bond motifs is 1. The fraction of sp³-hybridized carbons (Fsp3) is 0.351. The zero-order chi connectivity index (χ0) is 27.4. The van der Waals surface area contributed by atoms with Gasteiger partial charge in [0.2, 0.25) is 6.79 Å². The molecule has 41 heavy (non-hydrogen) atoms. The maximum Gasteiger partial charge on any atom is 0.231 e. The molecule has 4 aromatic carbocycles. The second kappa shape index (κ2) is 12.7. The van der Waals surface area contributed by atoms with E-state index < -0.39 is 7.92 Å². The molecule has 0 atom stereocenters. The molecule has 0 N–H and O–H groups in total. The molecule has 0 aromatic heterocycles. The molecule has 4 heteroatoms. The second-order valence-corrected chi connectivity index (χ2v) is 16.7. The van der Waals surface area contributed by atoms with Gasteiger partial charge in [0, 0.05) is 5.56 Å². The van der Waals surface area contributed by atoms with Gasteiger partial charge in [0.25, 0.3) is 0 Å². The maximum absolute atomic E-state index is 6.39. The van der Waals surface area contributed by atoms with Gasteiger partial charge in [-0.15, -0.1) is 0 Å². The minimum atomic E-state index is -0.747. The highest BCUT2D eigenvalue weighted by molar-refractivity contribution is 7.80. The van der Waals surface area contributed by atoms with E-state index in [0.717, 1.165) is 22.8 Å². The minimum Gasteiger partial charge on any atom is -0.454 e. The predicted octanol–water partition coefficient (Wildman–Crippen LogP) is 8.61. The Kier molecular flexibility index (Phi) is 8.41. The monoisotopic (exact) mass is 578 g/mol. The van der Waals surface area contributed by atoms with Crippen molar-refractivity contribution in [2.75, 3.05) is 6.79 Å². The molecule has 2 nitrogen and oxygen atoms in total. The van der Waals surface area contributed by atoms with Crippen molar-refractivity contribution in [3.63, 3.8) is 0 Å². The Morgan fingerprint density at radius 2 is 1.07 bits per heavy atom. The topological polar surface area (TPSA) is 18.5 Å². The first-order valence-electron chi connectivity index (χ1n) is 15.6. The minimum absolute atomic E-state index is 0.310. The first-order chi connectivity index (χ1) is 20.4. The van der Waals surface area contributed by atoms with E-state index >= 15 is 0 Å². The van der Waals surface area contributed by atoms with Crippen molar-refractivity contribution < 1.29 is 9.47 Å². The van der Waals surface area contributed by atoms with Crippen molar-refractivity contribution >= 4 is 37.1 Å². The molecule has 4 aromatic rings. The van der Waals surface area contributed by atoms with Gasteiger partial charge in [-0.2, -0.15) is 0 Å². The summed E-state index contributed by atoms with van der Waals surface area (Å²) in [5.41, 5.74) is 4.30. The molecule has 2 fully saturated rings. The summed E-state index contributed by atoms with van der Waals surface area (Å²) in [6.45, 7) is 0.310. The lowest BCUT2D eigenvalue weighted by Gasteiger charge is -2.40. The third kappa shape index (κ3) is 5.59. The van der Waals surface area contributed by atoms with Gasteiger partial charge in [-0.05, 0) is 83.8 Å². The van der Waals surface area contributed by atoms with Gasteiger partial charge in [0.05, 0.1) is 0 Å². The molecule has 2 aliphatic carbocycles. The third-order valence-electron chi connectivity index (χ3n) is 9.17. The van der Waals surface area contributed by atoms with Crippen LogP contribution in [0.25, 0.3) is 11.1 Å². The normalized spacial score (nSPS) is 17.8. The molecule has 0 unspecified atom stereocenters. The van der Waals surface area contributed by atoms with E-state index in [-0.39, 0.29) is 7.92 Å². The van der Waals surface area contributed by atoms with E-state index in [0.29, 0.717) is 6.79 Å². The predicted molar refractivity (Wildman–Crippen MR) is 177 cm³/mol. The largest absolute Gasteiger partial charge is 0.454 e. The van der Waals surface area contributed by atoms with E-state index in [1.165, 1.54) is 91.2 Å². The standard InChI is InChI=1S/C37H40O2P2/c1-5-15-28(16-6-1)40(29-17-7-2-8-18-29)34-24-14-13-23-32(34)36-35(26-25-33-37(36)39-27-38-33)41(30-19-9-3-10-20-30)31-21-11-4-12-22-31/h1-2,5-8,13-18,23-26,30-31H,3-4,9-12,19-22,27H2. The summed E-state index contributed by atoms with van der Waals surface area (Å²) >= 11 is 0. The first-order valence-corrected chi connectivity index (χ1v) is 18.4. The van der Waals surface area contributed by atoms with Crippen molar-refractivity contribution in [2.45, 2.75) is 75.5 Å². The lowest BCUT2D eigenvalue weighted by atomic mass is 9.99. The Bertz CT molecular complexity index is 1390. The van der Waals surface area contributed by atoms with Crippen LogP contribution in [0.4, 0.5) is 0 Å². The highest BCUT2D eigenvalue weighted by Crippen LogP contribution is 2.58. The van der Waals surface area contributed by atoms with Crippen molar-refractivity contribution in [2.24, 2.45) is 0 Å². The summed E-state index contributed by atoms with van der Waals surface area (Å²) < 4.78 is 12.4. The average molecular weight is 579 g/mol. The summed E-state index contributed by atoms with van der Waals surface area (Å²) in [6, 6.07) is 36.1. The van der Waals surface area contributed by atoms with Crippen LogP contribution < -0.4 is 30.7 Å². The van der Waals surface area contributed by atoms with Crippen LogP contribution >= 0.6 is 15.8 Å². The van der Waals surface area contributed by atoms with Gasteiger partial charge in [-0.3, -0.25) is 0 Å². The van der Waals surface area contributed by atoms with Crippen LogP contribution in [0.3, 0.4) is 0 Å². The van der Waals surface area contributed by atoms with Crippen molar-refractivity contribution in [1.82, 2.24) is 0 Å². The van der Waals surface area contributed by atoms with E-state index in [4.69, 9.17) is 9.47 Å². The number of hydrogen-bond acceptors (Lipinski definition) is 2. The Morgan fingerprint density at radius 3 is 1.68 bits per heavy atom. The Hall–Kier alpha value is -2.66. The summed E-state index contributed by atoms with van der Waals surface area (Å²) in [7, 11) is -1.06. The Balaban J connectivity index is 1.44. The number of benzene rings is 4. The first kappa shape index (κ1) is 27.2. The SMILES string of the molecule is c1ccc(P(c2ccccc2)c2ccccc2-c2c(P(C3CCCCC3)C3CCCCC3)ccc3c2OCO3)cc1. The summed E-state index contributed by atoms with van der Waals surface area (Å²) in [5.74, 6) is 1.88. The summed E-state index contributed by atoms with van der Waals surface area (Å²) in [5, 5.41) is 5.75. The lowest BCUT2D eigenvalue weighted by Crippen LogP contribution is -2.28. The fourth-order valence-electron chi connectivity index (χ4n) is 7.31. The van der Waals surface area contributed by atoms with Gasteiger partial charge in [0.1, 0.15) is 0 Å². The smallest absolute Gasteiger partial charge is 0.231 e. The Labute approximate surface area is 248 Å². The molecule has 0 radical (unpaired) electrons. The maximum atomic E-state index is 6.39. The van der Waals surface area contributed by atoms with Crippen LogP contribution in [-0.4, -0.2) is 18.1 Å². The quantitative estimate of drug-likeness (QED) is 0.205. The molecule has 0 saturated heterocycles. The van der Waals surface area contributed by atoms with Crippen molar-refractivity contribution in [3.8, 4) is 22.6 Å². The molecule has 2 saturated carbocycles. The second-order valence-electron chi connectivity index (χ2n) is 11.7. The fourth-order valence-corrected chi connectivity index (χ4v) is 13.7. The van der Waals surface area contributed by atoms with Gasteiger partial charge in [-0.25, -0.2) is 0 Å². The van der Waals surface area contributed by atoms with Crippen LogP contribution in [0, 0.1) is 0 Å². The highest BCUT2D eigenvalue weighted by Gasteiger charge is 2.37. The molecule has 1 heterocycles. The zero-order valence-corrected chi connectivity index (χ0v) is 25.7. The third-order valence-corrected chi connectivity index (χ3v) is 15.2. The Morgan fingerprint density at radius 1 is 0.512 bits per heavy atom. The molecular formula is C37H40O2P2. The van der Waals surface area contributed by atoms with Crippen LogP contribution in [0.15, 0.2) is 97.1 Å². The van der Waals surface area contributed by atoms with E-state index in [2.05, 4.69) is 97.1 Å². The van der Waals surface area contributed by atoms with Gasteiger partial charge in [0.15, 0.2) is 11.5 Å². The lowest BCUT2D eigenvalue weighted by molar-refractivity contribution is 0.174. The van der Waals surface area contributed by atoms with Crippen LogP contribution in [0.2, 0.25) is 0 Å². The average Bonchev–Trinajstić information content (AvgIpc) is 3.53. The highest BCUT2D eigenvalue weighted by atomic mass is 31.1. The van der Waals surface area contributed by atoms with E-state index in [1.807, 2.05) is 0 Å². The summed E-state index contributed by atoms with van der Waals surface area (Å²) in [4.78, 5) is 0. The number of ether oxygens (including phenoxy) is 2. The van der Waals surface area contributed by atoms with Crippen LogP contribution in [0.1, 0.15) is 64.2 Å². The van der Waals surface area contributed by atoms with Crippen molar-refractivity contribution in [1.29, 1.82) is 0 Å². The molecule has 0 amide bonds. The van der Waals surface area contributed by atoms with Gasteiger partial charge < -0.3 is 9.47 Å². The molecular weight excluding hydrogens is 538 g/mol.